The molecule has 1 aromatic carbocycles. The van der Waals surface area contributed by atoms with Crippen LogP contribution < -0.4 is 11.2 Å². The maximum absolute atomic E-state index is 12.2. The molecule has 0 amide bonds. The van der Waals surface area contributed by atoms with Crippen LogP contribution in [0.3, 0.4) is 0 Å². The maximum Gasteiger partial charge on any atom is 0.338 e. The van der Waals surface area contributed by atoms with Gasteiger partial charge in [-0.05, 0) is 30.7 Å². The molecule has 1 heterocycles. The van der Waals surface area contributed by atoms with E-state index in [1.807, 2.05) is 0 Å². The van der Waals surface area contributed by atoms with Gasteiger partial charge in [-0.15, -0.1) is 0 Å². The van der Waals surface area contributed by atoms with Crippen LogP contribution in [0.4, 0.5) is 5.69 Å². The summed E-state index contributed by atoms with van der Waals surface area (Å²) in [5, 5.41) is 10.1. The van der Waals surface area contributed by atoms with Crippen molar-refractivity contribution in [2.24, 2.45) is 19.1 Å². The summed E-state index contributed by atoms with van der Waals surface area (Å²) in [6.07, 6.45) is 13.4. The lowest BCUT2D eigenvalue weighted by molar-refractivity contribution is 0.0497. The molecule has 0 aliphatic carbocycles. The largest absolute Gasteiger partial charge is 0.494 e. The molecule has 186 valence electrons. The standard InChI is InChI=1S/C26H37N3O5/c1-4-5-6-7-8-9-10-11-12-13-18-34-25(32)20-14-16-21(17-15-20)27-19-22-23(30)28(2)26(33)29(3)24(22)31/h14-17,19,30H,4-13,18H2,1-3H3. The van der Waals surface area contributed by atoms with Gasteiger partial charge in [-0.1, -0.05) is 64.7 Å². The van der Waals surface area contributed by atoms with E-state index in [9.17, 15) is 19.5 Å². The molecule has 0 spiro atoms. The van der Waals surface area contributed by atoms with Crippen molar-refractivity contribution in [3.05, 3.63) is 56.2 Å². The summed E-state index contributed by atoms with van der Waals surface area (Å²) in [6, 6.07) is 6.45. The minimum Gasteiger partial charge on any atom is -0.494 e. The van der Waals surface area contributed by atoms with Crippen LogP contribution >= 0.6 is 0 Å². The molecule has 0 saturated carbocycles. The zero-order chi connectivity index (χ0) is 24.9. The number of rotatable bonds is 14. The summed E-state index contributed by atoms with van der Waals surface area (Å²) in [7, 11) is 2.70. The third-order valence-electron chi connectivity index (χ3n) is 5.84. The Morgan fingerprint density at radius 2 is 1.47 bits per heavy atom. The minimum absolute atomic E-state index is 0.0930. The molecule has 0 unspecified atom stereocenters. The Bertz CT molecular complexity index is 1070. The van der Waals surface area contributed by atoms with E-state index in [2.05, 4.69) is 11.9 Å². The Balaban J connectivity index is 1.76. The summed E-state index contributed by atoms with van der Waals surface area (Å²) < 4.78 is 7.22. The Labute approximate surface area is 200 Å². The molecule has 8 nitrogen and oxygen atoms in total. The van der Waals surface area contributed by atoms with Gasteiger partial charge in [0.25, 0.3) is 5.56 Å². The van der Waals surface area contributed by atoms with Crippen LogP contribution in [0.2, 0.25) is 0 Å². The number of hydrogen-bond acceptors (Lipinski definition) is 6. The molecule has 0 aliphatic rings. The molecule has 34 heavy (non-hydrogen) atoms. The molecule has 0 atom stereocenters. The van der Waals surface area contributed by atoms with Crippen molar-refractivity contribution < 1.29 is 14.6 Å². The second-order valence-corrected chi connectivity index (χ2v) is 8.57. The number of nitrogens with zero attached hydrogens (tertiary/aromatic N) is 3. The van der Waals surface area contributed by atoms with E-state index < -0.39 is 17.1 Å². The average Bonchev–Trinajstić information content (AvgIpc) is 2.85. The van der Waals surface area contributed by atoms with Crippen LogP contribution in [0.15, 0.2) is 38.8 Å². The highest BCUT2D eigenvalue weighted by Crippen LogP contribution is 2.16. The van der Waals surface area contributed by atoms with Gasteiger partial charge in [0.15, 0.2) is 0 Å². The van der Waals surface area contributed by atoms with Crippen LogP contribution in [-0.4, -0.2) is 33.0 Å². The first-order chi connectivity index (χ1) is 16.4. The molecule has 1 aromatic heterocycles. The minimum atomic E-state index is -0.642. The molecule has 2 aromatic rings. The number of carbonyl (C=O) groups excluding carboxylic acids is 1. The molecular formula is C26H37N3O5. The fraction of sp³-hybridized carbons (Fsp3) is 0.538. The Morgan fingerprint density at radius 1 is 0.912 bits per heavy atom. The molecule has 0 aliphatic heterocycles. The molecule has 0 saturated heterocycles. The first-order valence-corrected chi connectivity index (χ1v) is 12.2. The van der Waals surface area contributed by atoms with E-state index in [1.165, 1.54) is 71.7 Å². The summed E-state index contributed by atoms with van der Waals surface area (Å²) >= 11 is 0. The van der Waals surface area contributed by atoms with Crippen molar-refractivity contribution >= 4 is 17.9 Å². The summed E-state index contributed by atoms with van der Waals surface area (Å²) in [6.45, 7) is 2.64. The van der Waals surface area contributed by atoms with Gasteiger partial charge >= 0.3 is 11.7 Å². The molecule has 0 fully saturated rings. The van der Waals surface area contributed by atoms with Gasteiger partial charge in [-0.25, -0.2) is 9.59 Å². The second kappa shape index (κ2) is 14.2. The Kier molecular flexibility index (Phi) is 11.3. The van der Waals surface area contributed by atoms with Gasteiger partial charge in [-0.3, -0.25) is 18.9 Å². The van der Waals surface area contributed by atoms with Crippen molar-refractivity contribution in [2.75, 3.05) is 6.61 Å². The first-order valence-electron chi connectivity index (χ1n) is 12.2. The van der Waals surface area contributed by atoms with E-state index >= 15 is 0 Å². The zero-order valence-electron chi connectivity index (χ0n) is 20.6. The maximum atomic E-state index is 12.2. The Hall–Kier alpha value is -3.16. The van der Waals surface area contributed by atoms with Crippen LogP contribution in [0.5, 0.6) is 5.88 Å². The molecule has 1 N–H and O–H groups in total. The van der Waals surface area contributed by atoms with E-state index in [0.29, 0.717) is 17.9 Å². The van der Waals surface area contributed by atoms with Gasteiger partial charge in [0.1, 0.15) is 5.56 Å². The zero-order valence-corrected chi connectivity index (χ0v) is 20.6. The number of benzene rings is 1. The number of aromatic hydroxyl groups is 1. The summed E-state index contributed by atoms with van der Waals surface area (Å²) in [5.74, 6) is -0.833. The number of esters is 1. The second-order valence-electron chi connectivity index (χ2n) is 8.57. The number of aromatic nitrogens is 2. The number of carbonyl (C=O) groups is 1. The SMILES string of the molecule is CCCCCCCCCCCCOC(=O)c1ccc(N=Cc2c(O)n(C)c(=O)n(C)c2=O)cc1. The monoisotopic (exact) mass is 471 g/mol. The van der Waals surface area contributed by atoms with Crippen molar-refractivity contribution in [1.82, 2.24) is 9.13 Å². The molecule has 0 radical (unpaired) electrons. The Morgan fingerprint density at radius 3 is 2.06 bits per heavy atom. The predicted octanol–water partition coefficient (Wildman–Crippen LogP) is 4.62. The van der Waals surface area contributed by atoms with Crippen molar-refractivity contribution in [2.45, 2.75) is 71.1 Å². The number of aliphatic imine (C=N–C) groups is 1. The van der Waals surface area contributed by atoms with Gasteiger partial charge in [0.05, 0.1) is 17.9 Å². The van der Waals surface area contributed by atoms with E-state index in [4.69, 9.17) is 4.74 Å². The fourth-order valence-electron chi connectivity index (χ4n) is 3.63. The van der Waals surface area contributed by atoms with Crippen LogP contribution in [0, 0.1) is 0 Å². The molecule has 2 rings (SSSR count). The van der Waals surface area contributed by atoms with Gasteiger partial charge < -0.3 is 9.84 Å². The highest BCUT2D eigenvalue weighted by molar-refractivity contribution is 5.90. The quantitative estimate of drug-likeness (QED) is 0.246. The topological polar surface area (TPSA) is 103 Å². The lowest BCUT2D eigenvalue weighted by atomic mass is 10.1. The van der Waals surface area contributed by atoms with Gasteiger partial charge in [-0.2, -0.15) is 0 Å². The smallest absolute Gasteiger partial charge is 0.338 e. The van der Waals surface area contributed by atoms with Gasteiger partial charge in [0.2, 0.25) is 5.88 Å². The van der Waals surface area contributed by atoms with Crippen molar-refractivity contribution in [3.8, 4) is 5.88 Å². The highest BCUT2D eigenvalue weighted by Gasteiger charge is 2.13. The third kappa shape index (κ3) is 8.01. The predicted molar refractivity (Wildman–Crippen MR) is 134 cm³/mol. The van der Waals surface area contributed by atoms with Crippen LogP contribution in [0.25, 0.3) is 0 Å². The van der Waals surface area contributed by atoms with E-state index in [0.717, 1.165) is 22.0 Å². The first kappa shape index (κ1) is 27.1. The molecule has 8 heteroatoms. The van der Waals surface area contributed by atoms with Crippen molar-refractivity contribution in [1.29, 1.82) is 0 Å². The van der Waals surface area contributed by atoms with Crippen LogP contribution in [-0.2, 0) is 18.8 Å². The normalized spacial score (nSPS) is 11.3. The lowest BCUT2D eigenvalue weighted by Crippen LogP contribution is -2.38. The lowest BCUT2D eigenvalue weighted by Gasteiger charge is -2.07. The van der Waals surface area contributed by atoms with Crippen LogP contribution in [0.1, 0.15) is 87.1 Å². The fourth-order valence-corrected chi connectivity index (χ4v) is 3.63. The molecule has 0 bridgehead atoms. The number of hydrogen-bond donors (Lipinski definition) is 1. The summed E-state index contributed by atoms with van der Waals surface area (Å²) in [5.41, 5.74) is -0.449. The third-order valence-corrected chi connectivity index (χ3v) is 5.84. The van der Waals surface area contributed by atoms with E-state index in [-0.39, 0.29) is 11.5 Å². The van der Waals surface area contributed by atoms with Gasteiger partial charge in [0, 0.05) is 20.3 Å². The average molecular weight is 472 g/mol. The highest BCUT2D eigenvalue weighted by atomic mass is 16.5. The van der Waals surface area contributed by atoms with Crippen molar-refractivity contribution in [3.63, 3.8) is 0 Å². The number of unbranched alkanes of at least 4 members (excludes halogenated alkanes) is 9. The number of ether oxygens (including phenoxy) is 1. The van der Waals surface area contributed by atoms with E-state index in [1.54, 1.807) is 24.3 Å². The summed E-state index contributed by atoms with van der Waals surface area (Å²) in [4.78, 5) is 40.4. The molecular weight excluding hydrogens is 434 g/mol.